The van der Waals surface area contributed by atoms with Gasteiger partial charge in [-0.25, -0.2) is 0 Å². The van der Waals surface area contributed by atoms with Crippen LogP contribution in [0.1, 0.15) is 10.4 Å². The smallest absolute Gasteiger partial charge is 0.106 e. The molecule has 0 radical (unpaired) electrons. The number of nitrogens with two attached hydrogens (primary N) is 1. The zero-order valence-electron chi connectivity index (χ0n) is 8.81. The monoisotopic (exact) mass is 327 g/mol. The van der Waals surface area contributed by atoms with Crippen molar-refractivity contribution < 1.29 is 0 Å². The third-order valence-corrected chi connectivity index (χ3v) is 4.01. The molecule has 2 heterocycles. The summed E-state index contributed by atoms with van der Waals surface area (Å²) in [4.78, 5) is 5.67. The number of hydrogen-bond acceptors (Lipinski definition) is 4. The van der Waals surface area contributed by atoms with Gasteiger partial charge in [-0.05, 0) is 34.1 Å². The fourth-order valence-electron chi connectivity index (χ4n) is 1.38. The number of aromatic nitrogens is 1. The number of halogens is 1. The average Bonchev–Trinajstić information content (AvgIpc) is 2.73. The van der Waals surface area contributed by atoms with Crippen molar-refractivity contribution in [2.45, 2.75) is 6.54 Å². The molecule has 0 aliphatic rings. The van der Waals surface area contributed by atoms with Crippen molar-refractivity contribution in [1.29, 1.82) is 0 Å². The molecule has 0 saturated heterocycles. The summed E-state index contributed by atoms with van der Waals surface area (Å²) in [7, 11) is 0. The lowest BCUT2D eigenvalue weighted by molar-refractivity contribution is 1.17. The first kappa shape index (κ1) is 12.5. The number of nitrogens with zero attached hydrogens (tertiary/aromatic N) is 1. The van der Waals surface area contributed by atoms with Gasteiger partial charge in [0.2, 0.25) is 0 Å². The summed E-state index contributed by atoms with van der Waals surface area (Å²) in [6.07, 6.45) is 3.42. The molecule has 88 valence electrons. The van der Waals surface area contributed by atoms with Crippen LogP contribution in [0.15, 0.2) is 34.4 Å². The zero-order valence-corrected chi connectivity index (χ0v) is 12.0. The molecule has 2 aromatic rings. The molecule has 0 aromatic carbocycles. The van der Waals surface area contributed by atoms with Crippen LogP contribution in [-0.4, -0.2) is 9.97 Å². The van der Waals surface area contributed by atoms with Crippen molar-refractivity contribution in [3.05, 3.63) is 44.8 Å². The molecule has 2 aromatic heterocycles. The van der Waals surface area contributed by atoms with Gasteiger partial charge in [-0.15, -0.1) is 11.3 Å². The number of rotatable bonds is 4. The molecule has 6 heteroatoms. The summed E-state index contributed by atoms with van der Waals surface area (Å²) in [5, 5.41) is 3.28. The van der Waals surface area contributed by atoms with E-state index in [-0.39, 0.29) is 0 Å². The fraction of sp³-hybridized carbons (Fsp3) is 0.0909. The van der Waals surface area contributed by atoms with Crippen LogP contribution in [-0.2, 0) is 6.54 Å². The topological polar surface area (TPSA) is 50.9 Å². The Balaban J connectivity index is 2.11. The van der Waals surface area contributed by atoms with Gasteiger partial charge in [-0.2, -0.15) is 0 Å². The predicted molar refractivity (Wildman–Crippen MR) is 79.5 cm³/mol. The first-order valence-electron chi connectivity index (χ1n) is 4.88. The summed E-state index contributed by atoms with van der Waals surface area (Å²) >= 11 is 10.1. The van der Waals surface area contributed by atoms with Crippen LogP contribution in [0.3, 0.4) is 0 Å². The highest BCUT2D eigenvalue weighted by Crippen LogP contribution is 2.23. The van der Waals surface area contributed by atoms with E-state index >= 15 is 0 Å². The van der Waals surface area contributed by atoms with E-state index in [9.17, 15) is 0 Å². The van der Waals surface area contributed by atoms with Crippen molar-refractivity contribution in [2.75, 3.05) is 5.32 Å². The number of pyridine rings is 1. The van der Waals surface area contributed by atoms with E-state index in [1.807, 2.05) is 12.1 Å². The molecule has 0 aliphatic heterocycles. The Labute approximate surface area is 117 Å². The number of thiophene rings is 1. The maximum absolute atomic E-state index is 5.65. The quantitative estimate of drug-likeness (QED) is 0.847. The Morgan fingerprint density at radius 3 is 2.94 bits per heavy atom. The van der Waals surface area contributed by atoms with Crippen molar-refractivity contribution in [3.63, 3.8) is 0 Å². The number of nitrogens with one attached hydrogen (secondary N) is 1. The molecular weight excluding hydrogens is 318 g/mol. The minimum atomic E-state index is 0.377. The van der Waals surface area contributed by atoms with E-state index in [1.54, 1.807) is 23.7 Å². The maximum Gasteiger partial charge on any atom is 0.106 e. The van der Waals surface area contributed by atoms with Gasteiger partial charge in [0.05, 0.1) is 15.7 Å². The SMILES string of the molecule is NC(=S)c1ccncc1NCc1ccc(Br)s1. The molecule has 2 rings (SSSR count). The summed E-state index contributed by atoms with van der Waals surface area (Å²) in [6.45, 7) is 0.734. The second-order valence-corrected chi connectivity index (χ2v) is 6.33. The Bertz CT molecular complexity index is 539. The second kappa shape index (κ2) is 5.57. The highest BCUT2D eigenvalue weighted by molar-refractivity contribution is 9.11. The van der Waals surface area contributed by atoms with Gasteiger partial charge in [0.25, 0.3) is 0 Å². The summed E-state index contributed by atoms with van der Waals surface area (Å²) < 4.78 is 1.12. The van der Waals surface area contributed by atoms with Crippen LogP contribution in [0, 0.1) is 0 Å². The lowest BCUT2D eigenvalue weighted by Crippen LogP contribution is -2.13. The first-order valence-corrected chi connectivity index (χ1v) is 6.90. The number of hydrogen-bond donors (Lipinski definition) is 2. The molecule has 3 N–H and O–H groups in total. The maximum atomic E-state index is 5.65. The molecular formula is C11H10BrN3S2. The van der Waals surface area contributed by atoms with Crippen LogP contribution in [0.4, 0.5) is 5.69 Å². The zero-order chi connectivity index (χ0) is 12.3. The largest absolute Gasteiger partial charge is 0.389 e. The molecule has 0 bridgehead atoms. The predicted octanol–water partition coefficient (Wildman–Crippen LogP) is 3.15. The molecule has 0 spiro atoms. The Morgan fingerprint density at radius 2 is 2.29 bits per heavy atom. The van der Waals surface area contributed by atoms with E-state index in [0.29, 0.717) is 4.99 Å². The van der Waals surface area contributed by atoms with Gasteiger partial charge in [0.15, 0.2) is 0 Å². The van der Waals surface area contributed by atoms with Crippen LogP contribution < -0.4 is 11.1 Å². The van der Waals surface area contributed by atoms with Crippen molar-refractivity contribution in [2.24, 2.45) is 5.73 Å². The van der Waals surface area contributed by atoms with E-state index in [1.165, 1.54) is 4.88 Å². The van der Waals surface area contributed by atoms with Gasteiger partial charge in [0.1, 0.15) is 4.99 Å². The van der Waals surface area contributed by atoms with E-state index in [2.05, 4.69) is 32.3 Å². The fourth-order valence-corrected chi connectivity index (χ4v) is 2.98. The highest BCUT2D eigenvalue weighted by atomic mass is 79.9. The molecule has 0 fully saturated rings. The normalized spacial score (nSPS) is 10.2. The van der Waals surface area contributed by atoms with Crippen molar-refractivity contribution in [3.8, 4) is 0 Å². The standard InChI is InChI=1S/C11H10BrN3S2/c12-10-2-1-7(17-10)5-15-9-6-14-4-3-8(9)11(13)16/h1-4,6,15H,5H2,(H2,13,16). The summed E-state index contributed by atoms with van der Waals surface area (Å²) in [5.41, 5.74) is 7.34. The minimum absolute atomic E-state index is 0.377. The van der Waals surface area contributed by atoms with Gasteiger partial charge >= 0.3 is 0 Å². The first-order chi connectivity index (χ1) is 8.16. The van der Waals surface area contributed by atoms with E-state index in [0.717, 1.165) is 21.6 Å². The lowest BCUT2D eigenvalue weighted by atomic mass is 10.2. The Kier molecular flexibility index (Phi) is 4.09. The van der Waals surface area contributed by atoms with E-state index < -0.39 is 0 Å². The third-order valence-electron chi connectivity index (χ3n) is 2.17. The van der Waals surface area contributed by atoms with Crippen molar-refractivity contribution >= 4 is 50.2 Å². The molecule has 17 heavy (non-hydrogen) atoms. The van der Waals surface area contributed by atoms with Crippen LogP contribution in [0.2, 0.25) is 0 Å². The van der Waals surface area contributed by atoms with Gasteiger partial charge in [-0.1, -0.05) is 12.2 Å². The molecule has 0 atom stereocenters. The number of thiocarbonyl (C=S) groups is 1. The third kappa shape index (κ3) is 3.24. The van der Waals surface area contributed by atoms with E-state index in [4.69, 9.17) is 18.0 Å². The minimum Gasteiger partial charge on any atom is -0.389 e. The Hall–Kier alpha value is -0.980. The molecule has 0 amide bonds. The molecule has 3 nitrogen and oxygen atoms in total. The molecule has 0 unspecified atom stereocenters. The lowest BCUT2D eigenvalue weighted by Gasteiger charge is -2.09. The molecule has 0 aliphatic carbocycles. The molecule has 0 saturated carbocycles. The van der Waals surface area contributed by atoms with Crippen LogP contribution in [0.25, 0.3) is 0 Å². The Morgan fingerprint density at radius 1 is 1.47 bits per heavy atom. The van der Waals surface area contributed by atoms with Crippen LogP contribution in [0.5, 0.6) is 0 Å². The number of anilines is 1. The van der Waals surface area contributed by atoms with Crippen LogP contribution >= 0.6 is 39.5 Å². The highest BCUT2D eigenvalue weighted by Gasteiger charge is 2.05. The van der Waals surface area contributed by atoms with Crippen molar-refractivity contribution in [1.82, 2.24) is 4.98 Å². The second-order valence-electron chi connectivity index (χ2n) is 3.34. The van der Waals surface area contributed by atoms with Gasteiger partial charge in [-0.3, -0.25) is 4.98 Å². The summed E-state index contributed by atoms with van der Waals surface area (Å²) in [6, 6.07) is 5.91. The van der Waals surface area contributed by atoms with Gasteiger partial charge < -0.3 is 11.1 Å². The summed E-state index contributed by atoms with van der Waals surface area (Å²) in [5.74, 6) is 0. The van der Waals surface area contributed by atoms with Gasteiger partial charge in [0, 0.05) is 23.2 Å². The average molecular weight is 328 g/mol.